The molecule has 0 saturated heterocycles. The van der Waals surface area contributed by atoms with Crippen LogP contribution in [-0.2, 0) is 9.84 Å². The molecule has 0 aliphatic heterocycles. The van der Waals surface area contributed by atoms with E-state index in [1.165, 1.54) is 6.92 Å². The first kappa shape index (κ1) is 17.3. The third-order valence-corrected chi connectivity index (χ3v) is 5.39. The third-order valence-electron chi connectivity index (χ3n) is 3.60. The van der Waals surface area contributed by atoms with E-state index in [0.29, 0.717) is 5.69 Å². The molecule has 0 aliphatic carbocycles. The molecule has 1 amide bonds. The second-order valence-corrected chi connectivity index (χ2v) is 7.85. The number of hydrogen-bond acceptors (Lipinski definition) is 5. The highest BCUT2D eigenvalue weighted by atomic mass is 35.5. The predicted molar refractivity (Wildman–Crippen MR) is 96.7 cm³/mol. The van der Waals surface area contributed by atoms with Crippen LogP contribution >= 0.6 is 11.6 Å². The Labute approximate surface area is 149 Å². The van der Waals surface area contributed by atoms with Crippen LogP contribution in [0.3, 0.4) is 0 Å². The van der Waals surface area contributed by atoms with E-state index in [2.05, 4.69) is 15.3 Å². The average molecular weight is 376 g/mol. The predicted octanol–water partition coefficient (Wildman–Crippen LogP) is 3.33. The number of hydrogen-bond donors (Lipinski definition) is 1. The Morgan fingerprint density at radius 1 is 1.16 bits per heavy atom. The Kier molecular flexibility index (Phi) is 4.69. The molecule has 25 heavy (non-hydrogen) atoms. The highest BCUT2D eigenvalue weighted by Gasteiger charge is 2.21. The van der Waals surface area contributed by atoms with Gasteiger partial charge in [0.1, 0.15) is 0 Å². The molecular weight excluding hydrogens is 362 g/mol. The van der Waals surface area contributed by atoms with Gasteiger partial charge in [0, 0.05) is 5.69 Å². The topological polar surface area (TPSA) is 89.0 Å². The molecule has 0 spiro atoms. The quantitative estimate of drug-likeness (QED) is 0.706. The Hall–Kier alpha value is -2.51. The number of carbonyl (C=O) groups is 1. The zero-order chi connectivity index (χ0) is 18.0. The first-order valence-electron chi connectivity index (χ1n) is 7.46. The number of rotatable bonds is 4. The molecular formula is C17H14ClN3O3S. The standard InChI is InChI=1S/C17H14ClN3O3S/c1-2-25(23,24)17-19-10-14(18)15(21-17)16(22)20-13-8-7-11-5-3-4-6-12(11)9-13/h3-10H,2H2,1H3,(H,20,22). The minimum absolute atomic E-state index is 0.0201. The molecule has 1 heterocycles. The molecule has 3 aromatic rings. The van der Waals surface area contributed by atoms with Crippen LogP contribution in [0.1, 0.15) is 17.4 Å². The van der Waals surface area contributed by atoms with E-state index < -0.39 is 20.9 Å². The van der Waals surface area contributed by atoms with Crippen molar-refractivity contribution < 1.29 is 13.2 Å². The minimum Gasteiger partial charge on any atom is -0.321 e. The fraction of sp³-hybridized carbons (Fsp3) is 0.118. The molecule has 3 rings (SSSR count). The van der Waals surface area contributed by atoms with Gasteiger partial charge in [-0.3, -0.25) is 4.79 Å². The molecule has 0 atom stereocenters. The number of anilines is 1. The van der Waals surface area contributed by atoms with Crippen LogP contribution < -0.4 is 5.32 Å². The number of fused-ring (bicyclic) bond motifs is 1. The van der Waals surface area contributed by atoms with Crippen molar-refractivity contribution in [2.75, 3.05) is 11.1 Å². The third kappa shape index (κ3) is 3.62. The fourth-order valence-corrected chi connectivity index (χ4v) is 3.13. The van der Waals surface area contributed by atoms with Crippen molar-refractivity contribution in [1.82, 2.24) is 9.97 Å². The van der Waals surface area contributed by atoms with Crippen LogP contribution in [0.4, 0.5) is 5.69 Å². The molecule has 0 aliphatic rings. The summed E-state index contributed by atoms with van der Waals surface area (Å²) in [4.78, 5) is 20.0. The molecule has 0 fully saturated rings. The van der Waals surface area contributed by atoms with Gasteiger partial charge in [-0.05, 0) is 22.9 Å². The van der Waals surface area contributed by atoms with Gasteiger partial charge in [-0.1, -0.05) is 48.9 Å². The maximum Gasteiger partial charge on any atom is 0.275 e. The van der Waals surface area contributed by atoms with Gasteiger partial charge < -0.3 is 5.32 Å². The van der Waals surface area contributed by atoms with E-state index in [4.69, 9.17) is 11.6 Å². The first-order valence-corrected chi connectivity index (χ1v) is 9.49. The van der Waals surface area contributed by atoms with Crippen LogP contribution in [-0.4, -0.2) is 30.0 Å². The molecule has 0 radical (unpaired) electrons. The molecule has 0 saturated carbocycles. The highest BCUT2D eigenvalue weighted by Crippen LogP contribution is 2.21. The van der Waals surface area contributed by atoms with Crippen LogP contribution in [0.25, 0.3) is 10.8 Å². The number of nitrogens with one attached hydrogen (secondary N) is 1. The van der Waals surface area contributed by atoms with Crippen molar-refractivity contribution in [1.29, 1.82) is 0 Å². The Morgan fingerprint density at radius 3 is 2.60 bits per heavy atom. The highest BCUT2D eigenvalue weighted by molar-refractivity contribution is 7.91. The van der Waals surface area contributed by atoms with E-state index in [0.717, 1.165) is 17.0 Å². The average Bonchev–Trinajstić information content (AvgIpc) is 2.61. The van der Waals surface area contributed by atoms with E-state index in [1.807, 2.05) is 36.4 Å². The van der Waals surface area contributed by atoms with Crippen molar-refractivity contribution in [3.8, 4) is 0 Å². The monoisotopic (exact) mass is 375 g/mol. The maximum atomic E-state index is 12.5. The smallest absolute Gasteiger partial charge is 0.275 e. The zero-order valence-corrected chi connectivity index (χ0v) is 14.8. The van der Waals surface area contributed by atoms with Gasteiger partial charge in [0.2, 0.25) is 15.0 Å². The van der Waals surface area contributed by atoms with Gasteiger partial charge in [0.05, 0.1) is 17.0 Å². The summed E-state index contributed by atoms with van der Waals surface area (Å²) in [5, 5.41) is 4.25. The van der Waals surface area contributed by atoms with Crippen LogP contribution in [0, 0.1) is 0 Å². The van der Waals surface area contributed by atoms with Crippen molar-refractivity contribution >= 4 is 43.8 Å². The molecule has 1 aromatic heterocycles. The SMILES string of the molecule is CCS(=O)(=O)c1ncc(Cl)c(C(=O)Nc2ccc3ccccc3c2)n1. The van der Waals surface area contributed by atoms with E-state index in [1.54, 1.807) is 6.07 Å². The molecule has 6 nitrogen and oxygen atoms in total. The van der Waals surface area contributed by atoms with Crippen molar-refractivity contribution in [2.45, 2.75) is 12.1 Å². The van der Waals surface area contributed by atoms with Gasteiger partial charge in [-0.2, -0.15) is 0 Å². The summed E-state index contributed by atoms with van der Waals surface area (Å²) in [6.45, 7) is 1.47. The van der Waals surface area contributed by atoms with Gasteiger partial charge in [-0.15, -0.1) is 0 Å². The summed E-state index contributed by atoms with van der Waals surface area (Å²) in [6, 6.07) is 13.2. The summed E-state index contributed by atoms with van der Waals surface area (Å²) in [5.41, 5.74) is 0.370. The summed E-state index contributed by atoms with van der Waals surface area (Å²) in [7, 11) is -3.63. The first-order chi connectivity index (χ1) is 11.9. The minimum atomic E-state index is -3.63. The molecule has 128 valence electrons. The number of carbonyl (C=O) groups excluding carboxylic acids is 1. The number of halogens is 1. The summed E-state index contributed by atoms with van der Waals surface area (Å²) in [5.74, 6) is -0.768. The van der Waals surface area contributed by atoms with Crippen LogP contribution in [0.5, 0.6) is 0 Å². The summed E-state index contributed by atoms with van der Waals surface area (Å²) < 4.78 is 23.8. The maximum absolute atomic E-state index is 12.5. The molecule has 0 unspecified atom stereocenters. The van der Waals surface area contributed by atoms with Gasteiger partial charge in [0.15, 0.2) is 5.69 Å². The lowest BCUT2D eigenvalue weighted by Gasteiger charge is -2.08. The van der Waals surface area contributed by atoms with Gasteiger partial charge in [-0.25, -0.2) is 18.4 Å². The second kappa shape index (κ2) is 6.78. The van der Waals surface area contributed by atoms with E-state index >= 15 is 0 Å². The normalized spacial score (nSPS) is 11.4. The zero-order valence-electron chi connectivity index (χ0n) is 13.2. The Balaban J connectivity index is 1.93. The van der Waals surface area contributed by atoms with E-state index in [9.17, 15) is 13.2 Å². The van der Waals surface area contributed by atoms with Crippen LogP contribution in [0.2, 0.25) is 5.02 Å². The lowest BCUT2D eigenvalue weighted by Crippen LogP contribution is -2.18. The lowest BCUT2D eigenvalue weighted by molar-refractivity contribution is 0.102. The number of nitrogens with zero attached hydrogens (tertiary/aromatic N) is 2. The number of benzene rings is 2. The molecule has 8 heteroatoms. The molecule has 1 N–H and O–H groups in total. The number of aromatic nitrogens is 2. The Bertz CT molecular complexity index is 1070. The second-order valence-electron chi connectivity index (χ2n) is 5.27. The van der Waals surface area contributed by atoms with Crippen molar-refractivity contribution in [3.05, 3.63) is 59.4 Å². The number of sulfone groups is 1. The largest absolute Gasteiger partial charge is 0.321 e. The summed E-state index contributed by atoms with van der Waals surface area (Å²) >= 11 is 5.96. The van der Waals surface area contributed by atoms with Crippen molar-refractivity contribution in [3.63, 3.8) is 0 Å². The van der Waals surface area contributed by atoms with E-state index in [-0.39, 0.29) is 16.5 Å². The summed E-state index contributed by atoms with van der Waals surface area (Å²) in [6.07, 6.45) is 1.12. The molecule has 0 bridgehead atoms. The van der Waals surface area contributed by atoms with Gasteiger partial charge in [0.25, 0.3) is 5.91 Å². The van der Waals surface area contributed by atoms with Gasteiger partial charge >= 0.3 is 0 Å². The lowest BCUT2D eigenvalue weighted by atomic mass is 10.1. The number of amides is 1. The van der Waals surface area contributed by atoms with Crippen LogP contribution in [0.15, 0.2) is 53.8 Å². The Morgan fingerprint density at radius 2 is 1.88 bits per heavy atom. The fourth-order valence-electron chi connectivity index (χ4n) is 2.25. The van der Waals surface area contributed by atoms with Crippen molar-refractivity contribution in [2.24, 2.45) is 0 Å². The molecule has 2 aromatic carbocycles.